The van der Waals surface area contributed by atoms with Gasteiger partial charge in [0.05, 0.1) is 22.1 Å². The molecule has 0 aliphatic heterocycles. The first-order valence-corrected chi connectivity index (χ1v) is 9.23. The number of carbonyl (C=O) groups is 1. The molecule has 28 heavy (non-hydrogen) atoms. The summed E-state index contributed by atoms with van der Waals surface area (Å²) >= 11 is 8.63. The SMILES string of the molecule is COc1c(C(=O)NC(=S)Nc2ccccc2[N+](=O)[O-])cc2ccccc2c1Br. The van der Waals surface area contributed by atoms with Crippen molar-refractivity contribution in [3.05, 3.63) is 74.7 Å². The number of fused-ring (bicyclic) bond motifs is 1. The van der Waals surface area contributed by atoms with Gasteiger partial charge in [-0.05, 0) is 51.1 Å². The molecule has 0 radical (unpaired) electrons. The zero-order valence-electron chi connectivity index (χ0n) is 14.6. The van der Waals surface area contributed by atoms with Crippen molar-refractivity contribution in [2.75, 3.05) is 12.4 Å². The van der Waals surface area contributed by atoms with Crippen molar-refractivity contribution in [3.63, 3.8) is 0 Å². The number of thiocarbonyl (C=S) groups is 1. The van der Waals surface area contributed by atoms with E-state index in [0.717, 1.165) is 10.8 Å². The van der Waals surface area contributed by atoms with Gasteiger partial charge in [0.1, 0.15) is 11.4 Å². The van der Waals surface area contributed by atoms with E-state index in [2.05, 4.69) is 26.6 Å². The molecule has 0 unspecified atom stereocenters. The number of benzene rings is 3. The van der Waals surface area contributed by atoms with Gasteiger partial charge in [-0.3, -0.25) is 20.2 Å². The van der Waals surface area contributed by atoms with Gasteiger partial charge in [-0.15, -0.1) is 0 Å². The summed E-state index contributed by atoms with van der Waals surface area (Å²) in [6.45, 7) is 0. The summed E-state index contributed by atoms with van der Waals surface area (Å²) in [5.74, 6) is -0.135. The van der Waals surface area contributed by atoms with Gasteiger partial charge in [0, 0.05) is 6.07 Å². The monoisotopic (exact) mass is 459 g/mol. The summed E-state index contributed by atoms with van der Waals surface area (Å²) in [6, 6.07) is 15.2. The molecule has 1 amide bonds. The number of hydrogen-bond donors (Lipinski definition) is 2. The van der Waals surface area contributed by atoms with Crippen molar-refractivity contribution >= 4 is 61.3 Å². The lowest BCUT2D eigenvalue weighted by Gasteiger charge is -2.14. The van der Waals surface area contributed by atoms with Gasteiger partial charge in [-0.1, -0.05) is 36.4 Å². The quantitative estimate of drug-likeness (QED) is 0.335. The highest BCUT2D eigenvalue weighted by atomic mass is 79.9. The van der Waals surface area contributed by atoms with Crippen LogP contribution < -0.4 is 15.4 Å². The summed E-state index contributed by atoms with van der Waals surface area (Å²) in [4.78, 5) is 23.3. The number of nitrogens with one attached hydrogen (secondary N) is 2. The number of para-hydroxylation sites is 2. The molecule has 7 nitrogen and oxygen atoms in total. The van der Waals surface area contributed by atoms with Crippen molar-refractivity contribution in [1.82, 2.24) is 5.32 Å². The van der Waals surface area contributed by atoms with E-state index in [1.54, 1.807) is 18.2 Å². The molecular formula is C19H14BrN3O4S. The Hall–Kier alpha value is -3.04. The Labute approximate surface area is 174 Å². The van der Waals surface area contributed by atoms with Gasteiger partial charge >= 0.3 is 0 Å². The zero-order valence-corrected chi connectivity index (χ0v) is 17.0. The number of methoxy groups -OCH3 is 1. The minimum atomic E-state index is -0.532. The zero-order chi connectivity index (χ0) is 20.3. The Bertz CT molecular complexity index is 1100. The second-order valence-corrected chi connectivity index (χ2v) is 6.88. The van der Waals surface area contributed by atoms with E-state index in [0.29, 0.717) is 10.2 Å². The Morgan fingerprint density at radius 2 is 1.86 bits per heavy atom. The van der Waals surface area contributed by atoms with E-state index in [-0.39, 0.29) is 22.1 Å². The van der Waals surface area contributed by atoms with Crippen molar-refractivity contribution in [3.8, 4) is 5.75 Å². The molecule has 3 aromatic rings. The van der Waals surface area contributed by atoms with Crippen LogP contribution in [-0.4, -0.2) is 23.1 Å². The molecule has 2 N–H and O–H groups in total. The first-order valence-electron chi connectivity index (χ1n) is 8.03. The number of hydrogen-bond acceptors (Lipinski definition) is 5. The fourth-order valence-electron chi connectivity index (χ4n) is 2.72. The van der Waals surface area contributed by atoms with Gasteiger partial charge in [-0.25, -0.2) is 0 Å². The molecule has 142 valence electrons. The number of ether oxygens (including phenoxy) is 1. The van der Waals surface area contributed by atoms with Crippen molar-refractivity contribution in [2.24, 2.45) is 0 Å². The number of rotatable bonds is 4. The topological polar surface area (TPSA) is 93.5 Å². The Morgan fingerprint density at radius 3 is 2.57 bits per heavy atom. The van der Waals surface area contributed by atoms with Crippen LogP contribution >= 0.6 is 28.1 Å². The maximum absolute atomic E-state index is 12.8. The number of nitro benzene ring substituents is 1. The van der Waals surface area contributed by atoms with Crippen LogP contribution in [-0.2, 0) is 0 Å². The predicted octanol–water partition coefficient (Wildman–Crippen LogP) is 4.65. The largest absolute Gasteiger partial charge is 0.495 e. The first-order chi connectivity index (χ1) is 13.4. The smallest absolute Gasteiger partial charge is 0.292 e. The minimum Gasteiger partial charge on any atom is -0.495 e. The van der Waals surface area contributed by atoms with E-state index < -0.39 is 10.8 Å². The van der Waals surface area contributed by atoms with Crippen LogP contribution in [0.5, 0.6) is 5.75 Å². The third-order valence-electron chi connectivity index (χ3n) is 3.97. The summed E-state index contributed by atoms with van der Waals surface area (Å²) < 4.78 is 6.04. The number of nitrogens with zero attached hydrogens (tertiary/aromatic N) is 1. The van der Waals surface area contributed by atoms with Gasteiger partial charge in [-0.2, -0.15) is 0 Å². The van der Waals surface area contributed by atoms with Gasteiger partial charge < -0.3 is 10.1 Å². The Balaban J connectivity index is 1.87. The van der Waals surface area contributed by atoms with Crippen LogP contribution in [0.3, 0.4) is 0 Å². The predicted molar refractivity (Wildman–Crippen MR) is 115 cm³/mol. The molecule has 0 saturated heterocycles. The standard InChI is InChI=1S/C19H14BrN3O4S/c1-27-17-13(10-11-6-2-3-7-12(11)16(17)20)18(24)22-19(28)21-14-8-4-5-9-15(14)23(25)26/h2-10H,1H3,(H2,21,22,24,28). The van der Waals surface area contributed by atoms with E-state index in [4.69, 9.17) is 17.0 Å². The number of halogens is 1. The molecule has 0 bridgehead atoms. The summed E-state index contributed by atoms with van der Waals surface area (Å²) in [5.41, 5.74) is 0.314. The minimum absolute atomic E-state index is 0.0642. The highest BCUT2D eigenvalue weighted by molar-refractivity contribution is 9.10. The van der Waals surface area contributed by atoms with Crippen LogP contribution in [0.1, 0.15) is 10.4 Å². The average Bonchev–Trinajstić information content (AvgIpc) is 2.68. The Morgan fingerprint density at radius 1 is 1.18 bits per heavy atom. The second kappa shape index (κ2) is 8.32. The van der Waals surface area contributed by atoms with E-state index in [1.165, 1.54) is 19.2 Å². The maximum atomic E-state index is 12.8. The van der Waals surface area contributed by atoms with Crippen LogP contribution in [0.4, 0.5) is 11.4 Å². The summed E-state index contributed by atoms with van der Waals surface area (Å²) in [5, 5.41) is 18.0. The fourth-order valence-corrected chi connectivity index (χ4v) is 3.65. The maximum Gasteiger partial charge on any atom is 0.292 e. The second-order valence-electron chi connectivity index (χ2n) is 5.68. The number of nitro groups is 1. The van der Waals surface area contributed by atoms with E-state index >= 15 is 0 Å². The van der Waals surface area contributed by atoms with Gasteiger partial charge in [0.2, 0.25) is 0 Å². The lowest BCUT2D eigenvalue weighted by molar-refractivity contribution is -0.383. The molecule has 0 saturated carbocycles. The molecule has 0 aromatic heterocycles. The molecular weight excluding hydrogens is 446 g/mol. The van der Waals surface area contributed by atoms with Crippen LogP contribution in [0.2, 0.25) is 0 Å². The number of carbonyl (C=O) groups excluding carboxylic acids is 1. The van der Waals surface area contributed by atoms with Crippen LogP contribution in [0.25, 0.3) is 10.8 Å². The molecule has 0 aliphatic carbocycles. The van der Waals surface area contributed by atoms with Crippen molar-refractivity contribution in [2.45, 2.75) is 0 Å². The fraction of sp³-hybridized carbons (Fsp3) is 0.0526. The van der Waals surface area contributed by atoms with Gasteiger partial charge in [0.15, 0.2) is 5.11 Å². The normalized spacial score (nSPS) is 10.4. The summed E-state index contributed by atoms with van der Waals surface area (Å²) in [7, 11) is 1.47. The number of amides is 1. The highest BCUT2D eigenvalue weighted by Gasteiger charge is 2.20. The third kappa shape index (κ3) is 3.95. The highest BCUT2D eigenvalue weighted by Crippen LogP contribution is 2.36. The van der Waals surface area contributed by atoms with E-state index in [9.17, 15) is 14.9 Å². The van der Waals surface area contributed by atoms with Crippen LogP contribution in [0.15, 0.2) is 59.1 Å². The molecule has 0 fully saturated rings. The molecule has 3 aromatic carbocycles. The van der Waals surface area contributed by atoms with Gasteiger partial charge in [0.25, 0.3) is 11.6 Å². The summed E-state index contributed by atoms with van der Waals surface area (Å²) in [6.07, 6.45) is 0. The molecule has 0 aliphatic rings. The molecule has 9 heteroatoms. The lowest BCUT2D eigenvalue weighted by Crippen LogP contribution is -2.34. The molecule has 0 atom stereocenters. The average molecular weight is 460 g/mol. The van der Waals surface area contributed by atoms with Crippen molar-refractivity contribution < 1.29 is 14.5 Å². The number of anilines is 1. The third-order valence-corrected chi connectivity index (χ3v) is 4.96. The van der Waals surface area contributed by atoms with Crippen molar-refractivity contribution in [1.29, 1.82) is 0 Å². The molecule has 0 spiro atoms. The molecule has 3 rings (SSSR count). The van der Waals surface area contributed by atoms with Crippen LogP contribution in [0, 0.1) is 10.1 Å². The molecule has 0 heterocycles. The van der Waals surface area contributed by atoms with E-state index in [1.807, 2.05) is 24.3 Å². The first kappa shape index (κ1) is 19.7. The Kier molecular flexibility index (Phi) is 5.86. The lowest BCUT2D eigenvalue weighted by atomic mass is 10.1.